The predicted octanol–water partition coefficient (Wildman–Crippen LogP) is 1.14. The molecule has 0 aliphatic carbocycles. The van der Waals surface area contributed by atoms with Crippen LogP contribution in [-0.4, -0.2) is 30.7 Å². The van der Waals surface area contributed by atoms with E-state index >= 15 is 0 Å². The maximum absolute atomic E-state index is 13.0. The third-order valence-corrected chi connectivity index (χ3v) is 2.32. The van der Waals surface area contributed by atoms with E-state index in [9.17, 15) is 9.18 Å². The summed E-state index contributed by atoms with van der Waals surface area (Å²) in [5.74, 6) is -1.26. The first kappa shape index (κ1) is 9.76. The van der Waals surface area contributed by atoms with Gasteiger partial charge in [-0.3, -0.25) is 4.79 Å². The topological polar surface area (TPSA) is 52.6 Å². The van der Waals surface area contributed by atoms with Gasteiger partial charge in [0.25, 0.3) is 0 Å². The van der Waals surface area contributed by atoms with Gasteiger partial charge in [0.05, 0.1) is 11.4 Å². The summed E-state index contributed by atoms with van der Waals surface area (Å²) in [6.45, 7) is 1.15. The van der Waals surface area contributed by atoms with Crippen molar-refractivity contribution in [2.45, 2.75) is 0 Å². The van der Waals surface area contributed by atoms with Crippen LogP contribution in [0.5, 0.6) is 0 Å². The Morgan fingerprint density at radius 2 is 2.40 bits per heavy atom. The molecule has 1 aliphatic heterocycles. The molecular formula is C10H11FN2O2. The second-order valence-electron chi connectivity index (χ2n) is 3.40. The monoisotopic (exact) mass is 210 g/mol. The van der Waals surface area contributed by atoms with E-state index in [0.29, 0.717) is 18.8 Å². The van der Waals surface area contributed by atoms with Gasteiger partial charge in [-0.05, 0) is 18.2 Å². The lowest BCUT2D eigenvalue weighted by atomic mass is 10.2. The first-order valence-electron chi connectivity index (χ1n) is 4.67. The molecule has 1 aliphatic rings. The van der Waals surface area contributed by atoms with E-state index in [0.717, 1.165) is 5.69 Å². The molecule has 2 N–H and O–H groups in total. The minimum Gasteiger partial charge on any atom is -0.480 e. The summed E-state index contributed by atoms with van der Waals surface area (Å²) in [5, 5.41) is 11.8. The average Bonchev–Trinajstić information content (AvgIpc) is 2.18. The van der Waals surface area contributed by atoms with Gasteiger partial charge < -0.3 is 15.3 Å². The highest BCUT2D eigenvalue weighted by Crippen LogP contribution is 2.29. The highest BCUT2D eigenvalue weighted by atomic mass is 19.1. The van der Waals surface area contributed by atoms with Crippen molar-refractivity contribution < 1.29 is 14.3 Å². The molecule has 0 radical (unpaired) electrons. The van der Waals surface area contributed by atoms with Crippen LogP contribution >= 0.6 is 0 Å². The molecule has 1 aromatic rings. The van der Waals surface area contributed by atoms with Crippen molar-refractivity contribution >= 4 is 17.3 Å². The molecule has 0 unspecified atom stereocenters. The number of carbonyl (C=O) groups is 1. The number of rotatable bonds is 2. The quantitative estimate of drug-likeness (QED) is 0.768. The molecule has 0 saturated heterocycles. The predicted molar refractivity (Wildman–Crippen MR) is 54.7 cm³/mol. The number of carboxylic acids is 1. The molecular weight excluding hydrogens is 199 g/mol. The summed E-state index contributed by atoms with van der Waals surface area (Å²) >= 11 is 0. The van der Waals surface area contributed by atoms with Crippen molar-refractivity contribution in [2.24, 2.45) is 0 Å². The molecule has 0 spiro atoms. The molecule has 2 rings (SSSR count). The third-order valence-electron chi connectivity index (χ3n) is 2.32. The number of carboxylic acid groups (broad SMARTS) is 1. The van der Waals surface area contributed by atoms with Crippen molar-refractivity contribution in [1.82, 2.24) is 0 Å². The molecule has 80 valence electrons. The molecule has 4 nitrogen and oxygen atoms in total. The van der Waals surface area contributed by atoms with Crippen molar-refractivity contribution in [1.29, 1.82) is 0 Å². The summed E-state index contributed by atoms with van der Waals surface area (Å²) in [6, 6.07) is 4.33. The first-order chi connectivity index (χ1) is 7.16. The van der Waals surface area contributed by atoms with Gasteiger partial charge in [0.1, 0.15) is 12.4 Å². The Labute approximate surface area is 86.3 Å². The van der Waals surface area contributed by atoms with Crippen LogP contribution in [0.25, 0.3) is 0 Å². The molecule has 0 atom stereocenters. The molecule has 0 fully saturated rings. The molecule has 1 heterocycles. The standard InChI is InChI=1S/C10H11FN2O2/c11-7-1-2-8-9(5-7)13(4-3-12-8)6-10(14)15/h1-2,5,12H,3-4,6H2,(H,14,15). The lowest BCUT2D eigenvalue weighted by Gasteiger charge is -2.30. The Balaban J connectivity index is 2.32. The van der Waals surface area contributed by atoms with Gasteiger partial charge in [0.2, 0.25) is 0 Å². The van der Waals surface area contributed by atoms with E-state index in [1.165, 1.54) is 12.1 Å². The molecule has 1 aromatic carbocycles. The van der Waals surface area contributed by atoms with E-state index in [4.69, 9.17) is 5.11 Å². The van der Waals surface area contributed by atoms with E-state index in [-0.39, 0.29) is 12.4 Å². The third kappa shape index (κ3) is 2.01. The Kier molecular flexibility index (Phi) is 2.45. The fourth-order valence-electron chi connectivity index (χ4n) is 1.69. The fourth-order valence-corrected chi connectivity index (χ4v) is 1.69. The number of fused-ring (bicyclic) bond motifs is 1. The van der Waals surface area contributed by atoms with Crippen LogP contribution in [0.2, 0.25) is 0 Å². The second kappa shape index (κ2) is 3.76. The normalized spacial score (nSPS) is 14.3. The highest BCUT2D eigenvalue weighted by molar-refractivity contribution is 5.79. The molecule has 15 heavy (non-hydrogen) atoms. The van der Waals surface area contributed by atoms with Gasteiger partial charge in [-0.1, -0.05) is 0 Å². The van der Waals surface area contributed by atoms with Gasteiger partial charge in [-0.25, -0.2) is 4.39 Å². The van der Waals surface area contributed by atoms with Gasteiger partial charge >= 0.3 is 5.97 Å². The molecule has 5 heteroatoms. The number of anilines is 2. The van der Waals surface area contributed by atoms with Crippen LogP contribution < -0.4 is 10.2 Å². The largest absolute Gasteiger partial charge is 0.480 e. The number of nitrogens with zero attached hydrogens (tertiary/aromatic N) is 1. The van der Waals surface area contributed by atoms with Crippen LogP contribution in [0.4, 0.5) is 15.8 Å². The van der Waals surface area contributed by atoms with Gasteiger partial charge in [-0.2, -0.15) is 0 Å². The van der Waals surface area contributed by atoms with Crippen molar-refractivity contribution in [3.05, 3.63) is 24.0 Å². The van der Waals surface area contributed by atoms with Crippen LogP contribution in [-0.2, 0) is 4.79 Å². The molecule has 0 amide bonds. The number of nitrogens with one attached hydrogen (secondary N) is 1. The summed E-state index contributed by atoms with van der Waals surface area (Å²) in [4.78, 5) is 12.3. The Hall–Kier alpha value is -1.78. The first-order valence-corrected chi connectivity index (χ1v) is 4.67. The number of halogens is 1. The highest BCUT2D eigenvalue weighted by Gasteiger charge is 2.18. The summed E-state index contributed by atoms with van der Waals surface area (Å²) in [5.41, 5.74) is 1.40. The van der Waals surface area contributed by atoms with Crippen LogP contribution in [0.1, 0.15) is 0 Å². The summed E-state index contributed by atoms with van der Waals surface area (Å²) < 4.78 is 13.0. The zero-order chi connectivity index (χ0) is 10.8. The molecule has 0 aromatic heterocycles. The lowest BCUT2D eigenvalue weighted by Crippen LogP contribution is -2.37. The second-order valence-corrected chi connectivity index (χ2v) is 3.40. The number of hydrogen-bond acceptors (Lipinski definition) is 3. The lowest BCUT2D eigenvalue weighted by molar-refractivity contribution is -0.135. The van der Waals surface area contributed by atoms with E-state index in [2.05, 4.69) is 5.32 Å². The zero-order valence-corrected chi connectivity index (χ0v) is 8.03. The molecule has 0 bridgehead atoms. The van der Waals surface area contributed by atoms with Crippen LogP contribution in [0.15, 0.2) is 18.2 Å². The van der Waals surface area contributed by atoms with E-state index < -0.39 is 5.97 Å². The van der Waals surface area contributed by atoms with Crippen LogP contribution in [0.3, 0.4) is 0 Å². The van der Waals surface area contributed by atoms with E-state index in [1.54, 1.807) is 11.0 Å². The van der Waals surface area contributed by atoms with Crippen molar-refractivity contribution in [3.63, 3.8) is 0 Å². The smallest absolute Gasteiger partial charge is 0.323 e. The van der Waals surface area contributed by atoms with Gasteiger partial charge in [0.15, 0.2) is 0 Å². The Morgan fingerprint density at radius 3 is 3.13 bits per heavy atom. The molecule has 0 saturated carbocycles. The summed E-state index contributed by atoms with van der Waals surface area (Å²) in [7, 11) is 0. The maximum Gasteiger partial charge on any atom is 0.323 e. The SMILES string of the molecule is O=C(O)CN1CCNc2ccc(F)cc21. The van der Waals surface area contributed by atoms with Gasteiger partial charge in [-0.15, -0.1) is 0 Å². The minimum atomic E-state index is -0.910. The Morgan fingerprint density at radius 1 is 1.60 bits per heavy atom. The van der Waals surface area contributed by atoms with Crippen LogP contribution in [0, 0.1) is 5.82 Å². The van der Waals surface area contributed by atoms with Gasteiger partial charge in [0, 0.05) is 13.1 Å². The number of benzene rings is 1. The van der Waals surface area contributed by atoms with E-state index in [1.807, 2.05) is 0 Å². The fraction of sp³-hybridized carbons (Fsp3) is 0.300. The van der Waals surface area contributed by atoms with Crippen molar-refractivity contribution in [3.8, 4) is 0 Å². The Bertz CT molecular complexity index is 395. The summed E-state index contributed by atoms with van der Waals surface area (Å²) in [6.07, 6.45) is 0. The van der Waals surface area contributed by atoms with Crippen molar-refractivity contribution in [2.75, 3.05) is 29.9 Å². The minimum absolute atomic E-state index is 0.0991. The zero-order valence-electron chi connectivity index (χ0n) is 8.03. The number of hydrogen-bond donors (Lipinski definition) is 2. The number of aliphatic carboxylic acids is 1. The average molecular weight is 210 g/mol. The maximum atomic E-state index is 13.0.